The fourth-order valence-corrected chi connectivity index (χ4v) is 0.416. The summed E-state index contributed by atoms with van der Waals surface area (Å²) in [5.74, 6) is 0.0144. The number of hydrogen-bond donors (Lipinski definition) is 1. The van der Waals surface area contributed by atoms with Gasteiger partial charge in [0, 0.05) is 17.3 Å². The van der Waals surface area contributed by atoms with Crippen LogP contribution < -0.4 is 11.4 Å². The van der Waals surface area contributed by atoms with Gasteiger partial charge in [0.2, 0.25) is 0 Å². The van der Waals surface area contributed by atoms with Crippen molar-refractivity contribution in [1.82, 2.24) is 9.55 Å². The molecule has 0 aliphatic carbocycles. The van der Waals surface area contributed by atoms with Crippen LogP contribution in [0.2, 0.25) is 0 Å². The Morgan fingerprint density at radius 1 is 2.00 bits per heavy atom. The summed E-state index contributed by atoms with van der Waals surface area (Å²) in [6, 6.07) is 1.26. The van der Waals surface area contributed by atoms with E-state index in [1.807, 2.05) is 0 Å². The van der Waals surface area contributed by atoms with Gasteiger partial charge in [-0.15, -0.1) is 0 Å². The Kier molecular flexibility index (Phi) is 0.631. The van der Waals surface area contributed by atoms with Crippen molar-refractivity contribution in [1.29, 1.82) is 0 Å². The third-order valence-electron chi connectivity index (χ3n) is 0.825. The van der Waals surface area contributed by atoms with Crippen molar-refractivity contribution in [2.45, 2.75) is 0 Å². The van der Waals surface area contributed by atoms with Gasteiger partial charge in [0.05, 0.1) is 0 Å². The molecule has 48 valence electrons. The minimum Gasteiger partial charge on any atom is -0.383 e. The summed E-state index contributed by atoms with van der Waals surface area (Å²) in [5.41, 5.74) is 4.30. The fourth-order valence-electron chi connectivity index (χ4n) is 0.416. The summed E-state index contributed by atoms with van der Waals surface area (Å²) in [6.07, 6.45) is 1.09. The molecule has 0 aromatic carbocycles. The van der Waals surface area contributed by atoms with Crippen LogP contribution in [0.25, 0.3) is 0 Å². The van der Waals surface area contributed by atoms with E-state index in [4.69, 9.17) is 9.85 Å². The number of nitrogen functional groups attached to an aromatic ring is 1. The van der Waals surface area contributed by atoms with Crippen LogP contribution in [0.1, 0.15) is 4.11 Å². The van der Waals surface area contributed by atoms with Crippen LogP contribution in [0, 0.1) is 0 Å². The molecule has 0 amide bonds. The molecule has 0 aliphatic rings. The third kappa shape index (κ3) is 1.07. The van der Waals surface area contributed by atoms with Gasteiger partial charge in [-0.25, -0.2) is 4.79 Å². The molecule has 0 aliphatic heterocycles. The largest absolute Gasteiger partial charge is 0.383 e. The van der Waals surface area contributed by atoms with Gasteiger partial charge in [-0.05, 0) is 6.07 Å². The van der Waals surface area contributed by atoms with E-state index >= 15 is 0 Å². The Bertz CT molecular complexity index is 343. The van der Waals surface area contributed by atoms with Crippen LogP contribution in [-0.2, 0) is 6.98 Å². The van der Waals surface area contributed by atoms with Crippen LogP contribution >= 0.6 is 0 Å². The zero-order valence-corrected chi connectivity index (χ0v) is 4.53. The predicted molar refractivity (Wildman–Crippen MR) is 33.9 cm³/mol. The Hall–Kier alpha value is -1.32. The number of aryl methyl sites for hydroxylation is 1. The monoisotopic (exact) mass is 128 g/mol. The van der Waals surface area contributed by atoms with Crippen molar-refractivity contribution in [3.05, 3.63) is 22.7 Å². The first-order chi connectivity index (χ1) is 5.41. The summed E-state index contributed by atoms with van der Waals surface area (Å²) in [4.78, 5) is 14.2. The Morgan fingerprint density at radius 3 is 3.33 bits per heavy atom. The van der Waals surface area contributed by atoms with Gasteiger partial charge in [0.15, 0.2) is 0 Å². The van der Waals surface area contributed by atoms with Gasteiger partial charge in [0.25, 0.3) is 0 Å². The second kappa shape index (κ2) is 1.89. The van der Waals surface area contributed by atoms with Gasteiger partial charge in [-0.3, -0.25) is 0 Å². The lowest BCUT2D eigenvalue weighted by Crippen LogP contribution is -2.19. The highest BCUT2D eigenvalue weighted by atomic mass is 16.1. The number of anilines is 1. The van der Waals surface area contributed by atoms with Crippen LogP contribution in [-0.4, -0.2) is 9.55 Å². The summed E-state index contributed by atoms with van der Waals surface area (Å²) in [6.45, 7) is -2.49. The lowest BCUT2D eigenvalue weighted by atomic mass is 10.6. The van der Waals surface area contributed by atoms with E-state index in [1.165, 1.54) is 6.07 Å². The zero-order valence-electron chi connectivity index (χ0n) is 7.53. The van der Waals surface area contributed by atoms with E-state index in [0.29, 0.717) is 4.57 Å². The molecule has 0 atom stereocenters. The minimum absolute atomic E-state index is 0.0144. The number of hydrogen-bond acceptors (Lipinski definition) is 3. The first-order valence-electron chi connectivity index (χ1n) is 3.77. The summed E-state index contributed by atoms with van der Waals surface area (Å²) < 4.78 is 21.2. The van der Waals surface area contributed by atoms with E-state index in [-0.39, 0.29) is 5.82 Å². The maximum Gasteiger partial charge on any atom is 0.349 e. The van der Waals surface area contributed by atoms with Crippen molar-refractivity contribution >= 4 is 5.82 Å². The van der Waals surface area contributed by atoms with E-state index < -0.39 is 12.7 Å². The lowest BCUT2D eigenvalue weighted by Gasteiger charge is -1.92. The van der Waals surface area contributed by atoms with E-state index in [0.717, 1.165) is 6.20 Å². The molecule has 1 aromatic rings. The molecule has 0 radical (unpaired) electrons. The summed E-state index contributed by atoms with van der Waals surface area (Å²) in [7, 11) is 0. The Labute approximate surface area is 56.2 Å². The topological polar surface area (TPSA) is 60.9 Å². The summed E-state index contributed by atoms with van der Waals surface area (Å²) in [5, 5.41) is 0. The maximum absolute atomic E-state index is 10.9. The van der Waals surface area contributed by atoms with Crippen LogP contribution in [0.15, 0.2) is 17.1 Å². The second-order valence-corrected chi connectivity index (χ2v) is 1.50. The second-order valence-electron chi connectivity index (χ2n) is 1.50. The van der Waals surface area contributed by atoms with Crippen molar-refractivity contribution in [3.63, 3.8) is 0 Å². The quantitative estimate of drug-likeness (QED) is 0.505. The van der Waals surface area contributed by atoms with Crippen LogP contribution in [0.3, 0.4) is 0 Å². The molecule has 4 nitrogen and oxygen atoms in total. The molecule has 0 unspecified atom stereocenters. The fraction of sp³-hybridized carbons (Fsp3) is 0.200. The number of rotatable bonds is 0. The molecule has 1 aromatic heterocycles. The molecular formula is C5H7N3O. The molecule has 0 saturated carbocycles. The van der Waals surface area contributed by atoms with E-state index in [9.17, 15) is 4.79 Å². The first kappa shape index (κ1) is 3.00. The summed E-state index contributed by atoms with van der Waals surface area (Å²) >= 11 is 0. The highest BCUT2D eigenvalue weighted by Crippen LogP contribution is 1.85. The molecule has 0 spiro atoms. The van der Waals surface area contributed by atoms with Crippen LogP contribution in [0.4, 0.5) is 5.82 Å². The van der Waals surface area contributed by atoms with Gasteiger partial charge >= 0.3 is 5.69 Å². The van der Waals surface area contributed by atoms with Crippen molar-refractivity contribution in [2.75, 3.05) is 5.73 Å². The van der Waals surface area contributed by atoms with Gasteiger partial charge in [-0.2, -0.15) is 4.98 Å². The first-order valence-corrected chi connectivity index (χ1v) is 2.27. The van der Waals surface area contributed by atoms with E-state index in [1.54, 1.807) is 0 Å². The molecule has 0 fully saturated rings. The molecule has 1 heterocycles. The van der Waals surface area contributed by atoms with Crippen molar-refractivity contribution < 1.29 is 4.11 Å². The molecular weight excluding hydrogens is 118 g/mol. The average molecular weight is 128 g/mol. The third-order valence-corrected chi connectivity index (χ3v) is 0.825. The lowest BCUT2D eigenvalue weighted by molar-refractivity contribution is 0.814. The Morgan fingerprint density at radius 2 is 2.78 bits per heavy atom. The predicted octanol–water partition coefficient (Wildman–Crippen LogP) is -0.637. The standard InChI is InChI=1S/C5H7N3O/c1-8-3-2-4(6)7-5(8)9/h2-3H,1H3,(H2,6,7,9)/i1D3. The molecule has 9 heavy (non-hydrogen) atoms. The molecule has 1 rings (SSSR count). The Balaban J connectivity index is 3.29. The number of nitrogens with zero attached hydrogens (tertiary/aromatic N) is 2. The SMILES string of the molecule is [2H]C([2H])([2H])n1ccc(N)nc1=O. The highest BCUT2D eigenvalue weighted by Gasteiger charge is 1.88. The number of nitrogens with two attached hydrogens (primary N) is 1. The molecule has 4 heteroatoms. The van der Waals surface area contributed by atoms with Gasteiger partial charge in [0.1, 0.15) is 5.82 Å². The minimum atomic E-state index is -2.49. The average Bonchev–Trinajstić information content (AvgIpc) is 1.83. The van der Waals surface area contributed by atoms with Crippen LogP contribution in [0.5, 0.6) is 0 Å². The van der Waals surface area contributed by atoms with Gasteiger partial charge < -0.3 is 10.3 Å². The highest BCUT2D eigenvalue weighted by molar-refractivity contribution is 5.23. The maximum atomic E-state index is 10.9. The van der Waals surface area contributed by atoms with Crippen molar-refractivity contribution in [3.8, 4) is 0 Å². The molecule has 0 saturated heterocycles. The number of aromatic nitrogens is 2. The van der Waals surface area contributed by atoms with Gasteiger partial charge in [-0.1, -0.05) is 0 Å². The molecule has 0 bridgehead atoms. The van der Waals surface area contributed by atoms with E-state index in [2.05, 4.69) is 4.98 Å². The smallest absolute Gasteiger partial charge is 0.349 e. The normalized spacial score (nSPS) is 15.8. The zero-order chi connectivity index (χ0) is 9.35. The van der Waals surface area contributed by atoms with Crippen molar-refractivity contribution in [2.24, 2.45) is 6.98 Å². The molecule has 2 N–H and O–H groups in total.